The molecule has 290 valence electrons. The maximum atomic E-state index is 15.5. The molecule has 0 bridgehead atoms. The summed E-state index contributed by atoms with van der Waals surface area (Å²) in [4.78, 5) is 14.9. The molecule has 1 saturated carbocycles. The molecule has 10 rings (SSSR count). The van der Waals surface area contributed by atoms with E-state index in [1.54, 1.807) is 0 Å². The van der Waals surface area contributed by atoms with Crippen molar-refractivity contribution in [1.29, 1.82) is 0 Å². The second-order valence-corrected chi connectivity index (χ2v) is 18.5. The van der Waals surface area contributed by atoms with Crippen LogP contribution in [0.2, 0.25) is 0 Å². The number of hydrogen-bond donors (Lipinski definition) is 0. The molecular formula is C55H44N3OP. The van der Waals surface area contributed by atoms with Crippen LogP contribution in [-0.2, 0) is 9.98 Å². The number of rotatable bonds is 9. The molecule has 5 heteroatoms. The Labute approximate surface area is 352 Å². The topological polar surface area (TPSA) is 55.7 Å². The van der Waals surface area contributed by atoms with Gasteiger partial charge in [-0.25, -0.2) is 15.0 Å². The molecule has 0 N–H and O–H groups in total. The predicted molar refractivity (Wildman–Crippen MR) is 249 cm³/mol. The summed E-state index contributed by atoms with van der Waals surface area (Å²) >= 11 is 0. The Kier molecular flexibility index (Phi) is 10.1. The van der Waals surface area contributed by atoms with E-state index in [-0.39, 0.29) is 5.41 Å². The van der Waals surface area contributed by atoms with E-state index in [4.69, 9.17) is 15.0 Å². The Balaban J connectivity index is 1.01. The highest BCUT2D eigenvalue weighted by molar-refractivity contribution is 7.85. The van der Waals surface area contributed by atoms with Gasteiger partial charge in [-0.2, -0.15) is 0 Å². The summed E-state index contributed by atoms with van der Waals surface area (Å²) in [5, 5.41) is 4.66. The number of aromatic nitrogens is 3. The molecule has 0 unspecified atom stereocenters. The van der Waals surface area contributed by atoms with Crippen LogP contribution >= 0.6 is 7.14 Å². The lowest BCUT2D eigenvalue weighted by molar-refractivity contribution is 0.346. The van der Waals surface area contributed by atoms with Gasteiger partial charge in [0.2, 0.25) is 0 Å². The van der Waals surface area contributed by atoms with Gasteiger partial charge in [0.1, 0.15) is 0 Å². The van der Waals surface area contributed by atoms with Gasteiger partial charge in [-0.3, -0.25) is 0 Å². The van der Waals surface area contributed by atoms with Crippen LogP contribution < -0.4 is 15.9 Å². The lowest BCUT2D eigenvalue weighted by atomic mass is 9.65. The first kappa shape index (κ1) is 37.5. The fourth-order valence-electron chi connectivity index (χ4n) is 9.26. The van der Waals surface area contributed by atoms with Crippen molar-refractivity contribution in [2.24, 2.45) is 0 Å². The average Bonchev–Trinajstić information content (AvgIpc) is 3.34. The molecule has 1 aliphatic carbocycles. The standard InChI is InChI=1S/C55H44N3OP/c59-60(46-22-10-3-11-23-46,47-24-12-4-13-25-47)51-37-36-48(49-26-14-15-27-50(49)51)40-28-32-44(33-29-40)55(38-16-5-17-39-55)45-34-30-43(31-35-45)54-57-52(41-18-6-1-7-19-41)56-53(58-54)42-20-8-2-9-21-42/h1-4,6-15,18-37H,5,16-17,38-39H2. The zero-order chi connectivity index (χ0) is 40.4. The molecule has 1 fully saturated rings. The van der Waals surface area contributed by atoms with Crippen molar-refractivity contribution >= 4 is 33.8 Å². The molecule has 0 amide bonds. The summed E-state index contributed by atoms with van der Waals surface area (Å²) in [6, 6.07) is 71.1. The molecule has 0 spiro atoms. The molecule has 0 radical (unpaired) electrons. The van der Waals surface area contributed by atoms with Gasteiger partial charge in [-0.15, -0.1) is 0 Å². The SMILES string of the molecule is O=P(c1ccccc1)(c1ccccc1)c1ccc(-c2ccc(C3(c4ccc(-c5nc(-c6ccccc6)nc(-c6ccccc6)n5)cc4)CCCCC3)cc2)c2ccccc12. The first-order valence-electron chi connectivity index (χ1n) is 20.9. The van der Waals surface area contributed by atoms with Crippen LogP contribution in [0.15, 0.2) is 206 Å². The Morgan fingerprint density at radius 1 is 0.367 bits per heavy atom. The van der Waals surface area contributed by atoms with Gasteiger partial charge in [0.25, 0.3) is 0 Å². The summed E-state index contributed by atoms with van der Waals surface area (Å²) in [6.45, 7) is 0. The van der Waals surface area contributed by atoms with Crippen LogP contribution in [0.3, 0.4) is 0 Å². The summed E-state index contributed by atoms with van der Waals surface area (Å²) in [5.74, 6) is 1.99. The monoisotopic (exact) mass is 793 g/mol. The summed E-state index contributed by atoms with van der Waals surface area (Å²) in [6.07, 6.45) is 5.82. The van der Waals surface area contributed by atoms with Gasteiger partial charge in [-0.05, 0) is 51.9 Å². The maximum absolute atomic E-state index is 15.5. The first-order chi connectivity index (χ1) is 29.6. The van der Waals surface area contributed by atoms with Gasteiger partial charge >= 0.3 is 0 Å². The van der Waals surface area contributed by atoms with Crippen molar-refractivity contribution < 1.29 is 4.57 Å². The van der Waals surface area contributed by atoms with Gasteiger partial charge in [0.05, 0.1) is 0 Å². The van der Waals surface area contributed by atoms with Crippen LogP contribution in [0.1, 0.15) is 43.2 Å². The van der Waals surface area contributed by atoms with Crippen molar-refractivity contribution in [2.75, 3.05) is 0 Å². The fourth-order valence-corrected chi connectivity index (χ4v) is 12.1. The summed E-state index contributed by atoms with van der Waals surface area (Å²) in [7, 11) is -3.17. The third-order valence-electron chi connectivity index (χ3n) is 12.3. The molecule has 1 heterocycles. The second kappa shape index (κ2) is 16.1. The Morgan fingerprint density at radius 3 is 1.25 bits per heavy atom. The molecule has 1 aliphatic rings. The lowest BCUT2D eigenvalue weighted by Crippen LogP contribution is -2.30. The molecule has 0 aliphatic heterocycles. The molecule has 1 aromatic heterocycles. The number of fused-ring (bicyclic) bond motifs is 1. The van der Waals surface area contributed by atoms with Crippen LogP contribution in [0.25, 0.3) is 56.1 Å². The fraction of sp³-hybridized carbons (Fsp3) is 0.109. The quantitative estimate of drug-likeness (QED) is 0.137. The maximum Gasteiger partial charge on any atom is 0.171 e. The van der Waals surface area contributed by atoms with E-state index >= 15 is 4.57 Å². The molecule has 9 aromatic rings. The van der Waals surface area contributed by atoms with Crippen LogP contribution in [0, 0.1) is 0 Å². The Hall–Kier alpha value is -6.74. The van der Waals surface area contributed by atoms with Crippen molar-refractivity contribution in [3.8, 4) is 45.3 Å². The van der Waals surface area contributed by atoms with Crippen molar-refractivity contribution in [3.05, 3.63) is 217 Å². The third kappa shape index (κ3) is 6.87. The molecular weight excluding hydrogens is 750 g/mol. The Bertz CT molecular complexity index is 2850. The normalized spacial score (nSPS) is 13.9. The van der Waals surface area contributed by atoms with Crippen LogP contribution in [0.4, 0.5) is 0 Å². The molecule has 0 saturated heterocycles. The molecule has 8 aromatic carbocycles. The second-order valence-electron chi connectivity index (χ2n) is 15.8. The van der Waals surface area contributed by atoms with E-state index in [1.165, 1.54) is 30.4 Å². The van der Waals surface area contributed by atoms with Gasteiger partial charge in [0.15, 0.2) is 24.6 Å². The largest absolute Gasteiger partial charge is 0.309 e. The van der Waals surface area contributed by atoms with E-state index in [9.17, 15) is 0 Å². The average molecular weight is 794 g/mol. The number of benzene rings is 8. The van der Waals surface area contributed by atoms with E-state index < -0.39 is 7.14 Å². The van der Waals surface area contributed by atoms with E-state index in [1.807, 2.05) is 121 Å². The highest BCUT2D eigenvalue weighted by Crippen LogP contribution is 2.48. The lowest BCUT2D eigenvalue weighted by Gasteiger charge is -2.39. The summed E-state index contributed by atoms with van der Waals surface area (Å²) in [5.41, 5.74) is 7.75. The molecule has 60 heavy (non-hydrogen) atoms. The van der Waals surface area contributed by atoms with Crippen molar-refractivity contribution in [3.63, 3.8) is 0 Å². The third-order valence-corrected chi connectivity index (χ3v) is 15.4. The minimum absolute atomic E-state index is 0.0945. The zero-order valence-corrected chi connectivity index (χ0v) is 34.3. The number of nitrogens with zero attached hydrogens (tertiary/aromatic N) is 3. The smallest absolute Gasteiger partial charge is 0.171 e. The van der Waals surface area contributed by atoms with E-state index in [0.717, 1.165) is 67.3 Å². The van der Waals surface area contributed by atoms with Gasteiger partial charge in [-0.1, -0.05) is 219 Å². The minimum Gasteiger partial charge on any atom is -0.309 e. The number of hydrogen-bond acceptors (Lipinski definition) is 4. The Morgan fingerprint density at radius 2 is 0.767 bits per heavy atom. The predicted octanol–water partition coefficient (Wildman–Crippen LogP) is 12.6. The highest BCUT2D eigenvalue weighted by atomic mass is 31.2. The van der Waals surface area contributed by atoms with Gasteiger partial charge in [0, 0.05) is 38.0 Å². The van der Waals surface area contributed by atoms with Crippen LogP contribution in [0.5, 0.6) is 0 Å². The van der Waals surface area contributed by atoms with Crippen LogP contribution in [-0.4, -0.2) is 15.0 Å². The molecule has 0 atom stereocenters. The zero-order valence-electron chi connectivity index (χ0n) is 33.4. The van der Waals surface area contributed by atoms with Gasteiger partial charge < -0.3 is 4.57 Å². The molecule has 4 nitrogen and oxygen atoms in total. The highest BCUT2D eigenvalue weighted by Gasteiger charge is 2.36. The van der Waals surface area contributed by atoms with E-state index in [2.05, 4.69) is 84.9 Å². The summed E-state index contributed by atoms with van der Waals surface area (Å²) < 4.78 is 15.5. The van der Waals surface area contributed by atoms with Crippen molar-refractivity contribution in [2.45, 2.75) is 37.5 Å². The first-order valence-corrected chi connectivity index (χ1v) is 22.6. The minimum atomic E-state index is -3.17. The van der Waals surface area contributed by atoms with Crippen molar-refractivity contribution in [1.82, 2.24) is 15.0 Å². The van der Waals surface area contributed by atoms with E-state index in [0.29, 0.717) is 17.5 Å².